The Labute approximate surface area is 193 Å². The summed E-state index contributed by atoms with van der Waals surface area (Å²) < 4.78 is 5.50. The van der Waals surface area contributed by atoms with Crippen LogP contribution in [0, 0.1) is 0 Å². The number of pyridine rings is 1. The van der Waals surface area contributed by atoms with Crippen LogP contribution in [-0.4, -0.2) is 50.4 Å². The van der Waals surface area contributed by atoms with Gasteiger partial charge in [-0.25, -0.2) is 9.97 Å². The molecule has 3 aromatic rings. The number of rotatable bonds is 7. The first-order chi connectivity index (χ1) is 15.9. The van der Waals surface area contributed by atoms with Crippen LogP contribution in [0.3, 0.4) is 0 Å². The van der Waals surface area contributed by atoms with Gasteiger partial charge in [-0.15, -0.1) is 0 Å². The summed E-state index contributed by atoms with van der Waals surface area (Å²) in [5.74, 6) is 0.616. The molecular weight excluding hydrogens is 418 g/mol. The molecule has 0 bridgehead atoms. The number of carbonyl (C=O) groups is 2. The molecule has 0 spiro atoms. The summed E-state index contributed by atoms with van der Waals surface area (Å²) in [7, 11) is 0. The van der Waals surface area contributed by atoms with Crippen LogP contribution in [-0.2, 0) is 9.59 Å². The average molecular weight is 446 g/mol. The van der Waals surface area contributed by atoms with Gasteiger partial charge in [-0.3, -0.25) is 14.6 Å². The van der Waals surface area contributed by atoms with E-state index in [-0.39, 0.29) is 24.5 Å². The number of nitrogens with one attached hydrogen (secondary N) is 1. The zero-order valence-corrected chi connectivity index (χ0v) is 18.8. The second-order valence-electron chi connectivity index (χ2n) is 8.45. The third-order valence-electron chi connectivity index (χ3n) is 5.53. The molecule has 0 unspecified atom stereocenters. The van der Waals surface area contributed by atoms with Crippen LogP contribution in [0.1, 0.15) is 38.4 Å². The zero-order chi connectivity index (χ0) is 23.3. The van der Waals surface area contributed by atoms with Gasteiger partial charge in [-0.1, -0.05) is 24.3 Å². The Hall–Kier alpha value is -3.81. The predicted molar refractivity (Wildman–Crippen MR) is 123 cm³/mol. The molecule has 4 rings (SSSR count). The lowest BCUT2D eigenvalue weighted by molar-refractivity contribution is -0.141. The molecule has 0 aliphatic carbocycles. The summed E-state index contributed by atoms with van der Waals surface area (Å²) in [4.78, 5) is 41.0. The van der Waals surface area contributed by atoms with Crippen molar-refractivity contribution in [1.82, 2.24) is 25.2 Å². The van der Waals surface area contributed by atoms with Gasteiger partial charge >= 0.3 is 0 Å². The topological polar surface area (TPSA) is 97.3 Å². The lowest BCUT2D eigenvalue weighted by Gasteiger charge is -2.33. The highest BCUT2D eigenvalue weighted by molar-refractivity contribution is 5.91. The van der Waals surface area contributed by atoms with Crippen LogP contribution >= 0.6 is 0 Å². The van der Waals surface area contributed by atoms with Gasteiger partial charge in [0.2, 0.25) is 5.91 Å². The summed E-state index contributed by atoms with van der Waals surface area (Å²) in [5, 5.41) is 2.81. The van der Waals surface area contributed by atoms with E-state index in [1.54, 1.807) is 43.3 Å². The minimum Gasteiger partial charge on any atom is -0.484 e. The largest absolute Gasteiger partial charge is 0.484 e. The molecule has 170 valence electrons. The zero-order valence-electron chi connectivity index (χ0n) is 18.8. The number of hydrogen-bond acceptors (Lipinski definition) is 6. The summed E-state index contributed by atoms with van der Waals surface area (Å²) >= 11 is 0. The van der Waals surface area contributed by atoms with Gasteiger partial charge in [0.15, 0.2) is 12.4 Å². The molecule has 8 nitrogen and oxygen atoms in total. The van der Waals surface area contributed by atoms with Crippen molar-refractivity contribution >= 4 is 11.8 Å². The van der Waals surface area contributed by atoms with Crippen molar-refractivity contribution in [3.05, 3.63) is 72.7 Å². The fourth-order valence-corrected chi connectivity index (χ4v) is 3.96. The Bertz CT molecular complexity index is 1110. The third-order valence-corrected chi connectivity index (χ3v) is 5.53. The molecule has 3 heterocycles. The minimum absolute atomic E-state index is 0.156. The maximum Gasteiger partial charge on any atom is 0.258 e. The molecule has 0 radical (unpaired) electrons. The molecule has 1 aromatic carbocycles. The first-order valence-corrected chi connectivity index (χ1v) is 11.0. The highest BCUT2D eigenvalue weighted by atomic mass is 16.5. The molecule has 1 N–H and O–H groups in total. The van der Waals surface area contributed by atoms with Crippen molar-refractivity contribution in [3.8, 4) is 17.3 Å². The number of likely N-dealkylation sites (tertiary alicyclic amines) is 1. The maximum atomic E-state index is 13.4. The van der Waals surface area contributed by atoms with E-state index in [4.69, 9.17) is 4.74 Å². The Kier molecular flexibility index (Phi) is 6.63. The number of amides is 2. The molecule has 1 aliphatic heterocycles. The van der Waals surface area contributed by atoms with Gasteiger partial charge in [0, 0.05) is 18.9 Å². The number of benzene rings is 1. The minimum atomic E-state index is -1.09. The lowest BCUT2D eigenvalue weighted by atomic mass is 10.0. The molecule has 0 saturated carbocycles. The highest BCUT2D eigenvalue weighted by Crippen LogP contribution is 2.33. The summed E-state index contributed by atoms with van der Waals surface area (Å²) in [6.07, 6.45) is 5.05. The first kappa shape index (κ1) is 22.4. The van der Waals surface area contributed by atoms with Crippen LogP contribution < -0.4 is 10.1 Å². The van der Waals surface area contributed by atoms with E-state index in [0.29, 0.717) is 23.8 Å². The molecule has 1 fully saturated rings. The molecule has 33 heavy (non-hydrogen) atoms. The highest BCUT2D eigenvalue weighted by Gasteiger charge is 2.40. The molecule has 1 aliphatic rings. The van der Waals surface area contributed by atoms with Crippen LogP contribution in [0.25, 0.3) is 11.5 Å². The Balaban J connectivity index is 1.44. The van der Waals surface area contributed by atoms with Crippen molar-refractivity contribution in [2.75, 3.05) is 13.2 Å². The molecule has 2 amide bonds. The van der Waals surface area contributed by atoms with E-state index in [1.165, 1.54) is 0 Å². The molecular formula is C25H27N5O3. The maximum absolute atomic E-state index is 13.4. The van der Waals surface area contributed by atoms with E-state index >= 15 is 0 Å². The van der Waals surface area contributed by atoms with Crippen LogP contribution in [0.2, 0.25) is 0 Å². The predicted octanol–water partition coefficient (Wildman–Crippen LogP) is 3.18. The van der Waals surface area contributed by atoms with Gasteiger partial charge in [-0.2, -0.15) is 0 Å². The van der Waals surface area contributed by atoms with Crippen molar-refractivity contribution in [2.45, 2.75) is 38.3 Å². The molecule has 8 heteroatoms. The van der Waals surface area contributed by atoms with E-state index in [2.05, 4.69) is 20.3 Å². The Morgan fingerprint density at radius 3 is 2.61 bits per heavy atom. The quantitative estimate of drug-likeness (QED) is 0.600. The lowest BCUT2D eigenvalue weighted by Crippen LogP contribution is -2.56. The number of para-hydroxylation sites is 1. The summed E-state index contributed by atoms with van der Waals surface area (Å²) in [5.41, 5.74) is 0.364. The Morgan fingerprint density at radius 1 is 1.06 bits per heavy atom. The van der Waals surface area contributed by atoms with Crippen LogP contribution in [0.5, 0.6) is 5.75 Å². The van der Waals surface area contributed by atoms with Gasteiger partial charge < -0.3 is 15.0 Å². The van der Waals surface area contributed by atoms with Crippen molar-refractivity contribution in [2.24, 2.45) is 0 Å². The number of hydrogen-bond donors (Lipinski definition) is 1. The standard InChI is InChI=1S/C25H27N5O3/c1-25(2,29-22(31)17-33-18-9-4-3-5-10-18)24(32)30-16-8-12-21(30)19-13-15-27-23(28-19)20-11-6-7-14-26-20/h3-7,9-11,13-15,21H,8,12,16-17H2,1-2H3,(H,29,31)/t21-/m1/s1. The van der Waals surface area contributed by atoms with Gasteiger partial charge in [0.25, 0.3) is 5.91 Å². The van der Waals surface area contributed by atoms with Crippen molar-refractivity contribution in [3.63, 3.8) is 0 Å². The fourth-order valence-electron chi connectivity index (χ4n) is 3.96. The fraction of sp³-hybridized carbons (Fsp3) is 0.320. The Morgan fingerprint density at radius 2 is 1.85 bits per heavy atom. The molecule has 2 aromatic heterocycles. The second-order valence-corrected chi connectivity index (χ2v) is 8.45. The van der Waals surface area contributed by atoms with Crippen molar-refractivity contribution in [1.29, 1.82) is 0 Å². The normalized spacial score (nSPS) is 15.8. The van der Waals surface area contributed by atoms with Gasteiger partial charge in [-0.05, 0) is 57.0 Å². The SMILES string of the molecule is CC(C)(NC(=O)COc1ccccc1)C(=O)N1CCC[C@@H]1c1ccnc(-c2ccccn2)n1. The number of aromatic nitrogens is 3. The monoisotopic (exact) mass is 445 g/mol. The first-order valence-electron chi connectivity index (χ1n) is 11.0. The summed E-state index contributed by atoms with van der Waals surface area (Å²) in [6, 6.07) is 16.3. The van der Waals surface area contributed by atoms with Gasteiger partial charge in [0.1, 0.15) is 17.0 Å². The number of carbonyl (C=O) groups excluding carboxylic acids is 2. The molecule has 1 atom stereocenters. The smallest absolute Gasteiger partial charge is 0.258 e. The summed E-state index contributed by atoms with van der Waals surface area (Å²) in [6.45, 7) is 3.87. The van der Waals surface area contributed by atoms with Crippen molar-refractivity contribution < 1.29 is 14.3 Å². The van der Waals surface area contributed by atoms with E-state index in [0.717, 1.165) is 18.5 Å². The van der Waals surface area contributed by atoms with Crippen LogP contribution in [0.4, 0.5) is 0 Å². The number of ether oxygens (including phenoxy) is 1. The van der Waals surface area contributed by atoms with Gasteiger partial charge in [0.05, 0.1) is 11.7 Å². The van der Waals surface area contributed by atoms with E-state index in [1.807, 2.05) is 42.5 Å². The number of nitrogens with zero attached hydrogens (tertiary/aromatic N) is 4. The third kappa shape index (κ3) is 5.34. The molecule has 1 saturated heterocycles. The second kappa shape index (κ2) is 9.77. The van der Waals surface area contributed by atoms with E-state index < -0.39 is 5.54 Å². The van der Waals surface area contributed by atoms with E-state index in [9.17, 15) is 9.59 Å². The van der Waals surface area contributed by atoms with Crippen LogP contribution in [0.15, 0.2) is 67.0 Å². The average Bonchev–Trinajstić information content (AvgIpc) is 3.33.